The molecule has 0 heterocycles. The first-order chi connectivity index (χ1) is 11.2. The van der Waals surface area contributed by atoms with Crippen LogP contribution in [0.25, 0.3) is 6.08 Å². The molecule has 1 rings (SSSR count). The number of phenolic OH excluding ortho intramolecular Hbond substituents is 2. The van der Waals surface area contributed by atoms with Crippen LogP contribution in [0.15, 0.2) is 24.3 Å². The van der Waals surface area contributed by atoms with Crippen LogP contribution in [0.1, 0.15) is 89.5 Å². The molecule has 2 N–H and O–H groups in total. The van der Waals surface area contributed by atoms with Crippen molar-refractivity contribution < 1.29 is 10.2 Å². The highest BCUT2D eigenvalue weighted by molar-refractivity contribution is 5.54. The van der Waals surface area contributed by atoms with Crippen LogP contribution in [-0.4, -0.2) is 10.2 Å². The molecule has 0 atom stereocenters. The third-order valence-corrected chi connectivity index (χ3v) is 4.21. The molecule has 0 bridgehead atoms. The maximum atomic E-state index is 9.40. The van der Waals surface area contributed by atoms with E-state index in [1.807, 2.05) is 6.08 Å². The monoisotopic (exact) mass is 318 g/mol. The number of rotatable bonds is 13. The summed E-state index contributed by atoms with van der Waals surface area (Å²) in [6.45, 7) is 2.27. The summed E-state index contributed by atoms with van der Waals surface area (Å²) in [5.41, 5.74) is 0.852. The van der Waals surface area contributed by atoms with Crippen molar-refractivity contribution in [1.29, 1.82) is 0 Å². The molecule has 0 aliphatic carbocycles. The molecule has 0 saturated heterocycles. The average molecular weight is 319 g/mol. The van der Waals surface area contributed by atoms with Crippen molar-refractivity contribution in [2.75, 3.05) is 0 Å². The summed E-state index contributed by atoms with van der Waals surface area (Å²) in [5.74, 6) is 0.221. The summed E-state index contributed by atoms with van der Waals surface area (Å²) >= 11 is 0. The van der Waals surface area contributed by atoms with E-state index in [1.54, 1.807) is 12.1 Å². The predicted molar refractivity (Wildman–Crippen MR) is 99.9 cm³/mol. The fourth-order valence-corrected chi connectivity index (χ4v) is 2.86. The molecule has 0 unspecified atom stereocenters. The summed E-state index contributed by atoms with van der Waals surface area (Å²) in [4.78, 5) is 0. The smallest absolute Gasteiger partial charge is 0.119 e. The van der Waals surface area contributed by atoms with Crippen molar-refractivity contribution in [3.05, 3.63) is 29.8 Å². The van der Waals surface area contributed by atoms with Crippen molar-refractivity contribution in [1.82, 2.24) is 0 Å². The van der Waals surface area contributed by atoms with Crippen LogP contribution in [0.3, 0.4) is 0 Å². The van der Waals surface area contributed by atoms with Crippen molar-refractivity contribution in [2.45, 2.75) is 84.0 Å². The van der Waals surface area contributed by atoms with E-state index in [2.05, 4.69) is 13.0 Å². The van der Waals surface area contributed by atoms with Gasteiger partial charge in [-0.25, -0.2) is 0 Å². The van der Waals surface area contributed by atoms with Gasteiger partial charge in [0.15, 0.2) is 0 Å². The predicted octanol–water partition coefficient (Wildman–Crippen LogP) is 6.81. The van der Waals surface area contributed by atoms with Crippen LogP contribution in [0.2, 0.25) is 0 Å². The Labute approximate surface area is 142 Å². The number of hydrogen-bond donors (Lipinski definition) is 2. The maximum Gasteiger partial charge on any atom is 0.119 e. The number of aromatic hydroxyl groups is 2. The molecule has 2 heteroatoms. The van der Waals surface area contributed by atoms with Crippen LogP contribution < -0.4 is 0 Å². The highest BCUT2D eigenvalue weighted by atomic mass is 16.3. The van der Waals surface area contributed by atoms with Crippen molar-refractivity contribution >= 4 is 6.08 Å². The minimum Gasteiger partial charge on any atom is -0.508 e. The number of allylic oxidation sites excluding steroid dienone is 1. The molecule has 130 valence electrons. The van der Waals surface area contributed by atoms with Gasteiger partial charge in [0.25, 0.3) is 0 Å². The zero-order chi connectivity index (χ0) is 16.8. The third-order valence-electron chi connectivity index (χ3n) is 4.21. The van der Waals surface area contributed by atoms with Gasteiger partial charge in [0.05, 0.1) is 0 Å². The standard InChI is InChI=1S/C21H34O2/c1-2-3-4-5-6-7-8-9-10-11-12-13-14-15-19-16-20(22)18-21(23)17-19/h14-18,22-23H,2-13H2,1H3/b15-14+. The van der Waals surface area contributed by atoms with Crippen molar-refractivity contribution in [3.63, 3.8) is 0 Å². The van der Waals surface area contributed by atoms with Gasteiger partial charge in [-0.3, -0.25) is 0 Å². The molecule has 0 aliphatic rings. The zero-order valence-electron chi connectivity index (χ0n) is 14.8. The van der Waals surface area contributed by atoms with Gasteiger partial charge < -0.3 is 10.2 Å². The molecule has 0 spiro atoms. The second kappa shape index (κ2) is 13.0. The Morgan fingerprint density at radius 2 is 1.17 bits per heavy atom. The molecule has 0 radical (unpaired) electrons. The van der Waals surface area contributed by atoms with E-state index in [1.165, 1.54) is 76.7 Å². The molecule has 0 aliphatic heterocycles. The lowest BCUT2D eigenvalue weighted by Gasteiger charge is -2.02. The summed E-state index contributed by atoms with van der Waals surface area (Å²) in [6, 6.07) is 4.68. The van der Waals surface area contributed by atoms with Gasteiger partial charge in [0, 0.05) is 6.07 Å². The van der Waals surface area contributed by atoms with Gasteiger partial charge >= 0.3 is 0 Å². The first-order valence-electron chi connectivity index (χ1n) is 9.42. The molecular formula is C21H34O2. The highest BCUT2D eigenvalue weighted by Gasteiger charge is 1.96. The minimum absolute atomic E-state index is 0.111. The van der Waals surface area contributed by atoms with E-state index < -0.39 is 0 Å². The maximum absolute atomic E-state index is 9.40. The minimum atomic E-state index is 0.111. The summed E-state index contributed by atoms with van der Waals surface area (Å²) in [7, 11) is 0. The van der Waals surface area contributed by atoms with Crippen molar-refractivity contribution in [2.24, 2.45) is 0 Å². The molecule has 2 nitrogen and oxygen atoms in total. The van der Waals surface area contributed by atoms with E-state index in [4.69, 9.17) is 0 Å². The van der Waals surface area contributed by atoms with E-state index in [9.17, 15) is 10.2 Å². The second-order valence-corrected chi connectivity index (χ2v) is 6.51. The number of unbranched alkanes of at least 4 members (excludes halogenated alkanes) is 11. The third kappa shape index (κ3) is 10.8. The lowest BCUT2D eigenvalue weighted by Crippen LogP contribution is -1.82. The van der Waals surface area contributed by atoms with Crippen LogP contribution in [0.5, 0.6) is 11.5 Å². The normalized spacial score (nSPS) is 11.3. The van der Waals surface area contributed by atoms with Crippen molar-refractivity contribution in [3.8, 4) is 11.5 Å². The molecule has 23 heavy (non-hydrogen) atoms. The molecule has 1 aromatic rings. The zero-order valence-corrected chi connectivity index (χ0v) is 14.8. The van der Waals surface area contributed by atoms with Gasteiger partial charge in [-0.1, -0.05) is 83.3 Å². The number of benzene rings is 1. The Kier molecular flexibility index (Phi) is 11.1. The average Bonchev–Trinajstić information content (AvgIpc) is 2.51. The van der Waals surface area contributed by atoms with Gasteiger partial charge in [0.2, 0.25) is 0 Å². The van der Waals surface area contributed by atoms with Gasteiger partial charge in [-0.2, -0.15) is 0 Å². The molecule has 0 amide bonds. The highest BCUT2D eigenvalue weighted by Crippen LogP contribution is 2.21. The van der Waals surface area contributed by atoms with Crippen LogP contribution in [0, 0.1) is 0 Å². The lowest BCUT2D eigenvalue weighted by atomic mass is 10.1. The first-order valence-corrected chi connectivity index (χ1v) is 9.42. The molecule has 0 fully saturated rings. The molecule has 1 aromatic carbocycles. The summed E-state index contributed by atoms with van der Waals surface area (Å²) < 4.78 is 0. The summed E-state index contributed by atoms with van der Waals surface area (Å²) in [5, 5.41) is 18.8. The second-order valence-electron chi connectivity index (χ2n) is 6.51. The quantitative estimate of drug-likeness (QED) is 0.392. The Bertz CT molecular complexity index is 417. The SMILES string of the molecule is CCCCCCCCCCCCC/C=C/c1cc(O)cc(O)c1. The van der Waals surface area contributed by atoms with Gasteiger partial charge in [0.1, 0.15) is 11.5 Å². The Hall–Kier alpha value is -1.44. The Morgan fingerprint density at radius 1 is 0.696 bits per heavy atom. The van der Waals surface area contributed by atoms with E-state index in [0.29, 0.717) is 0 Å². The fourth-order valence-electron chi connectivity index (χ4n) is 2.86. The lowest BCUT2D eigenvalue weighted by molar-refractivity contribution is 0.450. The Morgan fingerprint density at radius 3 is 1.70 bits per heavy atom. The van der Waals surface area contributed by atoms with Gasteiger partial charge in [-0.15, -0.1) is 0 Å². The van der Waals surface area contributed by atoms with Crippen LogP contribution in [0.4, 0.5) is 0 Å². The van der Waals surface area contributed by atoms with Gasteiger partial charge in [-0.05, 0) is 30.5 Å². The van der Waals surface area contributed by atoms with Crippen LogP contribution >= 0.6 is 0 Å². The largest absolute Gasteiger partial charge is 0.508 e. The first kappa shape index (κ1) is 19.6. The molecule has 0 saturated carbocycles. The van der Waals surface area contributed by atoms with E-state index >= 15 is 0 Å². The Balaban J connectivity index is 1.94. The van der Waals surface area contributed by atoms with E-state index in [0.717, 1.165) is 12.0 Å². The van der Waals surface area contributed by atoms with Crippen LogP contribution in [-0.2, 0) is 0 Å². The van der Waals surface area contributed by atoms with E-state index in [-0.39, 0.29) is 11.5 Å². The molecule has 0 aromatic heterocycles. The number of phenols is 2. The topological polar surface area (TPSA) is 40.5 Å². The summed E-state index contributed by atoms with van der Waals surface area (Å²) in [6.07, 6.45) is 20.2. The molecular weight excluding hydrogens is 284 g/mol. The number of hydrogen-bond acceptors (Lipinski definition) is 2. The fraction of sp³-hybridized carbons (Fsp3) is 0.619.